The van der Waals surface area contributed by atoms with Gasteiger partial charge in [-0.1, -0.05) is 24.3 Å². The molecule has 22 heavy (non-hydrogen) atoms. The monoisotopic (exact) mass is 307 g/mol. The van der Waals surface area contributed by atoms with Crippen LogP contribution in [0.3, 0.4) is 0 Å². The number of hydrogen-bond donors (Lipinski definition) is 1. The van der Waals surface area contributed by atoms with Crippen LogP contribution >= 0.6 is 0 Å². The van der Waals surface area contributed by atoms with E-state index in [1.54, 1.807) is 0 Å². The molecule has 1 aliphatic rings. The van der Waals surface area contributed by atoms with Gasteiger partial charge in [-0.25, -0.2) is 4.79 Å². The summed E-state index contributed by atoms with van der Waals surface area (Å²) in [4.78, 5) is 23.4. The van der Waals surface area contributed by atoms with Crippen LogP contribution in [-0.2, 0) is 9.53 Å². The van der Waals surface area contributed by atoms with Crippen molar-refractivity contribution in [2.45, 2.75) is 70.9 Å². The molecule has 4 heteroatoms. The molecular weight excluding hydrogens is 278 g/mol. The Morgan fingerprint density at radius 1 is 1.05 bits per heavy atom. The quantitative estimate of drug-likeness (QED) is 0.615. The van der Waals surface area contributed by atoms with E-state index in [1.165, 1.54) is 0 Å². The number of hydrogen-bond acceptors (Lipinski definition) is 3. The number of aldehydes is 1. The van der Waals surface area contributed by atoms with Crippen LogP contribution in [0.1, 0.15) is 59.3 Å². The van der Waals surface area contributed by atoms with Gasteiger partial charge in [-0.05, 0) is 59.3 Å². The van der Waals surface area contributed by atoms with Crippen LogP contribution in [0.2, 0.25) is 0 Å². The molecule has 1 rings (SSSR count). The first-order chi connectivity index (χ1) is 10.4. The number of allylic oxidation sites excluding steroid dienone is 4. The number of amides is 1. The van der Waals surface area contributed by atoms with Crippen molar-refractivity contribution >= 4 is 12.4 Å². The first-order valence-corrected chi connectivity index (χ1v) is 8.17. The second-order valence-electron chi connectivity index (χ2n) is 6.73. The number of alkyl carbamates (subject to hydrolysis) is 1. The van der Waals surface area contributed by atoms with Gasteiger partial charge in [-0.15, -0.1) is 0 Å². The molecule has 0 spiro atoms. The maximum absolute atomic E-state index is 12.0. The Bertz CT molecular complexity index is 407. The minimum atomic E-state index is -0.533. The molecule has 0 aromatic heterocycles. The highest BCUT2D eigenvalue weighted by Gasteiger charge is 2.24. The highest BCUT2D eigenvalue weighted by atomic mass is 16.6. The van der Waals surface area contributed by atoms with E-state index >= 15 is 0 Å². The van der Waals surface area contributed by atoms with Crippen molar-refractivity contribution in [1.82, 2.24) is 5.32 Å². The maximum atomic E-state index is 12.0. The molecule has 0 aromatic carbocycles. The van der Waals surface area contributed by atoms with Crippen molar-refractivity contribution < 1.29 is 14.3 Å². The van der Waals surface area contributed by atoms with Gasteiger partial charge in [-0.2, -0.15) is 0 Å². The number of nitrogens with one attached hydrogen (secondary N) is 1. The molecule has 0 aliphatic heterocycles. The molecule has 1 aliphatic carbocycles. The molecule has 0 saturated heterocycles. The van der Waals surface area contributed by atoms with E-state index in [0.29, 0.717) is 0 Å². The van der Waals surface area contributed by atoms with Crippen LogP contribution in [0.25, 0.3) is 0 Å². The van der Waals surface area contributed by atoms with Crippen molar-refractivity contribution in [1.29, 1.82) is 0 Å². The Kier molecular flexibility index (Phi) is 7.92. The average molecular weight is 307 g/mol. The lowest BCUT2D eigenvalue weighted by Crippen LogP contribution is -2.43. The predicted molar refractivity (Wildman–Crippen MR) is 88.7 cm³/mol. The Labute approximate surface area is 134 Å². The Balaban J connectivity index is 2.70. The zero-order chi connectivity index (χ0) is 16.4. The fraction of sp³-hybridized carbons (Fsp3) is 0.667. The topological polar surface area (TPSA) is 55.4 Å². The molecule has 4 nitrogen and oxygen atoms in total. The molecule has 0 bridgehead atoms. The lowest BCUT2D eigenvalue weighted by atomic mass is 9.92. The van der Waals surface area contributed by atoms with Gasteiger partial charge in [0, 0.05) is 12.0 Å². The van der Waals surface area contributed by atoms with E-state index < -0.39 is 11.7 Å². The van der Waals surface area contributed by atoms with Gasteiger partial charge in [0.2, 0.25) is 0 Å². The van der Waals surface area contributed by atoms with Crippen LogP contribution < -0.4 is 5.32 Å². The minimum Gasteiger partial charge on any atom is -0.444 e. The predicted octanol–water partition coefficient (Wildman–Crippen LogP) is 4.16. The first-order valence-electron chi connectivity index (χ1n) is 8.17. The van der Waals surface area contributed by atoms with Crippen LogP contribution in [0.5, 0.6) is 0 Å². The second-order valence-corrected chi connectivity index (χ2v) is 6.73. The molecule has 0 heterocycles. The van der Waals surface area contributed by atoms with E-state index in [2.05, 4.69) is 29.6 Å². The van der Waals surface area contributed by atoms with E-state index in [9.17, 15) is 9.59 Å². The summed E-state index contributed by atoms with van der Waals surface area (Å²) in [5.41, 5.74) is -0.533. The molecule has 1 N–H and O–H groups in total. The highest BCUT2D eigenvalue weighted by molar-refractivity contribution is 5.69. The van der Waals surface area contributed by atoms with E-state index in [0.717, 1.165) is 44.8 Å². The Morgan fingerprint density at radius 2 is 1.59 bits per heavy atom. The normalized spacial score (nSPS) is 26.9. The van der Waals surface area contributed by atoms with Gasteiger partial charge < -0.3 is 14.8 Å². The highest BCUT2D eigenvalue weighted by Crippen LogP contribution is 2.17. The lowest BCUT2D eigenvalue weighted by molar-refractivity contribution is -0.112. The molecule has 0 aromatic rings. The third-order valence-corrected chi connectivity index (χ3v) is 3.54. The maximum Gasteiger partial charge on any atom is 0.407 e. The van der Waals surface area contributed by atoms with E-state index in [-0.39, 0.29) is 12.0 Å². The number of carbonyl (C=O) groups is 2. The van der Waals surface area contributed by atoms with E-state index in [4.69, 9.17) is 4.74 Å². The van der Waals surface area contributed by atoms with Crippen molar-refractivity contribution in [3.8, 4) is 0 Å². The van der Waals surface area contributed by atoms with Crippen molar-refractivity contribution in [2.75, 3.05) is 0 Å². The summed E-state index contributed by atoms with van der Waals surface area (Å²) in [6.45, 7) is 5.50. The Hall–Kier alpha value is -1.58. The van der Waals surface area contributed by atoms with Gasteiger partial charge in [0.15, 0.2) is 0 Å². The molecule has 0 fully saturated rings. The summed E-state index contributed by atoms with van der Waals surface area (Å²) in [5, 5.41) is 2.88. The fourth-order valence-electron chi connectivity index (χ4n) is 2.44. The third-order valence-electron chi connectivity index (χ3n) is 3.54. The summed E-state index contributed by atoms with van der Waals surface area (Å²) >= 11 is 0. The second kappa shape index (κ2) is 9.44. The summed E-state index contributed by atoms with van der Waals surface area (Å²) in [5.74, 6) is -0.176. The van der Waals surface area contributed by atoms with Crippen LogP contribution in [0.4, 0.5) is 4.79 Å². The van der Waals surface area contributed by atoms with Gasteiger partial charge >= 0.3 is 6.09 Å². The molecule has 124 valence electrons. The smallest absolute Gasteiger partial charge is 0.407 e. The van der Waals surface area contributed by atoms with Gasteiger partial charge in [0.1, 0.15) is 11.9 Å². The molecule has 2 unspecified atom stereocenters. The minimum absolute atomic E-state index is 0.176. The van der Waals surface area contributed by atoms with Crippen molar-refractivity contribution in [3.05, 3.63) is 24.3 Å². The third kappa shape index (κ3) is 8.01. The van der Waals surface area contributed by atoms with Gasteiger partial charge in [0.25, 0.3) is 0 Å². The van der Waals surface area contributed by atoms with Crippen molar-refractivity contribution in [2.24, 2.45) is 5.92 Å². The van der Waals surface area contributed by atoms with Crippen molar-refractivity contribution in [3.63, 3.8) is 0 Å². The van der Waals surface area contributed by atoms with Crippen LogP contribution in [0, 0.1) is 5.92 Å². The first kappa shape index (κ1) is 18.5. The fourth-order valence-corrected chi connectivity index (χ4v) is 2.44. The van der Waals surface area contributed by atoms with Gasteiger partial charge in [0.05, 0.1) is 0 Å². The number of rotatable bonds is 2. The SMILES string of the molecule is CC(C)(C)OC(=O)NC1CC/C=C/CC/C=C/CCC1C=O. The standard InChI is InChI=1S/C18H29NO3/c1-18(2,3)22-17(21)19-16-13-11-9-7-5-4-6-8-10-12-15(16)14-20/h6-9,14-16H,4-5,10-13H2,1-3H3,(H,19,21)/b8-6+,9-7+. The van der Waals surface area contributed by atoms with E-state index in [1.807, 2.05) is 20.8 Å². The summed E-state index contributed by atoms with van der Waals surface area (Å²) in [7, 11) is 0. The summed E-state index contributed by atoms with van der Waals surface area (Å²) in [6.07, 6.45) is 14.4. The molecular formula is C18H29NO3. The van der Waals surface area contributed by atoms with Crippen LogP contribution in [-0.4, -0.2) is 24.0 Å². The zero-order valence-electron chi connectivity index (χ0n) is 14.0. The molecule has 0 radical (unpaired) electrons. The summed E-state index contributed by atoms with van der Waals surface area (Å²) in [6, 6.07) is -0.176. The molecule has 0 saturated carbocycles. The zero-order valence-corrected chi connectivity index (χ0v) is 14.0. The summed E-state index contributed by atoms with van der Waals surface area (Å²) < 4.78 is 5.31. The van der Waals surface area contributed by atoms with Gasteiger partial charge in [-0.3, -0.25) is 0 Å². The largest absolute Gasteiger partial charge is 0.444 e. The van der Waals surface area contributed by atoms with Crippen LogP contribution in [0.15, 0.2) is 24.3 Å². The number of ether oxygens (including phenoxy) is 1. The molecule has 2 atom stereocenters. The molecule has 1 amide bonds. The Morgan fingerprint density at radius 3 is 2.14 bits per heavy atom. The average Bonchev–Trinajstić information content (AvgIpc) is 2.40. The lowest BCUT2D eigenvalue weighted by Gasteiger charge is -2.26. The number of carbonyl (C=O) groups excluding carboxylic acids is 2.